The van der Waals surface area contributed by atoms with Crippen molar-refractivity contribution >= 4 is 37.8 Å². The lowest BCUT2D eigenvalue weighted by molar-refractivity contribution is -0.858. The summed E-state index contributed by atoms with van der Waals surface area (Å²) in [6.45, 7) is 3.95. The van der Waals surface area contributed by atoms with Gasteiger partial charge in [0.15, 0.2) is 0 Å². The highest BCUT2D eigenvalue weighted by atomic mass is 79.9. The van der Waals surface area contributed by atoms with Gasteiger partial charge in [-0.2, -0.15) is 0 Å². The third-order valence-electron chi connectivity index (χ3n) is 2.91. The Hall–Kier alpha value is -0.590. The molecule has 0 aliphatic heterocycles. The molecule has 0 saturated carbocycles. The highest BCUT2D eigenvalue weighted by Crippen LogP contribution is 2.34. The van der Waals surface area contributed by atoms with Crippen LogP contribution in [0.3, 0.4) is 0 Å². The predicted octanol–water partition coefficient (Wildman–Crippen LogP) is 1.80. The molecule has 0 heterocycles. The first-order chi connectivity index (χ1) is 9.90. The number of nitrogens with one attached hydrogen (secondary N) is 2. The van der Waals surface area contributed by atoms with Crippen LogP contribution in [-0.4, -0.2) is 39.7 Å². The van der Waals surface area contributed by atoms with Crippen LogP contribution in [-0.2, 0) is 11.2 Å². The molecular formula is C15H23Br2N2O2+. The zero-order chi connectivity index (χ0) is 15.8. The molecule has 2 N–H and O–H groups in total. The number of ether oxygens (including phenoxy) is 1. The topological polar surface area (TPSA) is 42.8 Å². The van der Waals surface area contributed by atoms with Gasteiger partial charge in [0.1, 0.15) is 5.75 Å². The van der Waals surface area contributed by atoms with Gasteiger partial charge in [-0.25, -0.2) is 0 Å². The molecule has 0 spiro atoms. The average molecular weight is 423 g/mol. The minimum absolute atomic E-state index is 0.00360. The quantitative estimate of drug-likeness (QED) is 0.627. The van der Waals surface area contributed by atoms with Crippen LogP contribution in [0.4, 0.5) is 0 Å². The lowest BCUT2D eigenvalue weighted by Crippen LogP contribution is -3.05. The molecule has 118 valence electrons. The summed E-state index contributed by atoms with van der Waals surface area (Å²) in [5.41, 5.74) is 1.15. The summed E-state index contributed by atoms with van der Waals surface area (Å²) in [7, 11) is 4.27. The smallest absolute Gasteiger partial charge is 0.216 e. The Morgan fingerprint density at radius 2 is 1.90 bits per heavy atom. The highest BCUT2D eigenvalue weighted by Gasteiger charge is 2.09. The third-order valence-corrected chi connectivity index (χ3v) is 4.09. The van der Waals surface area contributed by atoms with E-state index in [1.165, 1.54) is 11.8 Å². The van der Waals surface area contributed by atoms with Crippen molar-refractivity contribution in [1.82, 2.24) is 5.32 Å². The minimum Gasteiger partial charge on any atom is -0.491 e. The van der Waals surface area contributed by atoms with Crippen molar-refractivity contribution < 1.29 is 14.4 Å². The Morgan fingerprint density at radius 1 is 1.29 bits per heavy atom. The summed E-state index contributed by atoms with van der Waals surface area (Å²) >= 11 is 7.10. The van der Waals surface area contributed by atoms with Crippen molar-refractivity contribution in [2.24, 2.45) is 0 Å². The fourth-order valence-corrected chi connectivity index (χ4v) is 3.39. The van der Waals surface area contributed by atoms with E-state index in [4.69, 9.17) is 4.74 Å². The van der Waals surface area contributed by atoms with E-state index in [0.29, 0.717) is 13.2 Å². The summed E-state index contributed by atoms with van der Waals surface area (Å²) in [5, 5.41) is 2.80. The molecule has 0 bridgehead atoms. The van der Waals surface area contributed by atoms with E-state index in [0.717, 1.165) is 39.6 Å². The van der Waals surface area contributed by atoms with Crippen LogP contribution in [0.25, 0.3) is 0 Å². The Bertz CT molecular complexity index is 456. The second kappa shape index (κ2) is 9.43. The van der Waals surface area contributed by atoms with E-state index >= 15 is 0 Å². The van der Waals surface area contributed by atoms with Gasteiger partial charge in [0, 0.05) is 19.9 Å². The number of carbonyl (C=O) groups is 1. The normalized spacial score (nSPS) is 10.8. The summed E-state index contributed by atoms with van der Waals surface area (Å²) in [6.07, 6.45) is 1.81. The number of halogens is 2. The molecule has 0 radical (unpaired) electrons. The Kier molecular flexibility index (Phi) is 8.29. The van der Waals surface area contributed by atoms with E-state index < -0.39 is 0 Å². The van der Waals surface area contributed by atoms with E-state index in [-0.39, 0.29) is 5.91 Å². The third kappa shape index (κ3) is 7.29. The number of quaternary nitrogens is 1. The maximum Gasteiger partial charge on any atom is 0.216 e. The molecule has 0 fully saturated rings. The van der Waals surface area contributed by atoms with Crippen LogP contribution in [0.15, 0.2) is 21.1 Å². The number of benzene rings is 1. The van der Waals surface area contributed by atoms with Crippen molar-refractivity contribution in [2.75, 3.05) is 33.8 Å². The molecule has 1 amide bonds. The van der Waals surface area contributed by atoms with Crippen molar-refractivity contribution in [3.8, 4) is 5.75 Å². The predicted molar refractivity (Wildman–Crippen MR) is 92.0 cm³/mol. The molecule has 0 aromatic heterocycles. The van der Waals surface area contributed by atoms with Crippen LogP contribution < -0.4 is 15.0 Å². The number of hydrogen-bond acceptors (Lipinski definition) is 2. The van der Waals surface area contributed by atoms with Crippen LogP contribution in [0.1, 0.15) is 18.9 Å². The molecule has 0 unspecified atom stereocenters. The molecule has 0 saturated heterocycles. The van der Waals surface area contributed by atoms with E-state index in [1.54, 1.807) is 0 Å². The second-order valence-electron chi connectivity index (χ2n) is 5.28. The SMILES string of the molecule is CC(=O)NCCc1cc(Br)c(OCCC[NH+](C)C)c(Br)c1. The van der Waals surface area contributed by atoms with Gasteiger partial charge in [-0.3, -0.25) is 4.79 Å². The fourth-order valence-electron chi connectivity index (χ4n) is 1.88. The molecular weight excluding hydrogens is 400 g/mol. The van der Waals surface area contributed by atoms with Crippen LogP contribution >= 0.6 is 31.9 Å². The van der Waals surface area contributed by atoms with Crippen molar-refractivity contribution in [3.63, 3.8) is 0 Å². The van der Waals surface area contributed by atoms with Crippen molar-refractivity contribution in [3.05, 3.63) is 26.6 Å². The zero-order valence-corrected chi connectivity index (χ0v) is 15.9. The Labute approximate surface area is 143 Å². The van der Waals surface area contributed by atoms with Gasteiger partial charge in [0.2, 0.25) is 5.91 Å². The largest absolute Gasteiger partial charge is 0.491 e. The lowest BCUT2D eigenvalue weighted by Gasteiger charge is -2.13. The summed E-state index contributed by atoms with van der Waals surface area (Å²) < 4.78 is 7.71. The molecule has 21 heavy (non-hydrogen) atoms. The molecule has 0 aliphatic rings. The van der Waals surface area contributed by atoms with Crippen LogP contribution in [0.2, 0.25) is 0 Å². The first kappa shape index (κ1) is 18.5. The molecule has 0 aliphatic carbocycles. The molecule has 6 heteroatoms. The molecule has 0 atom stereocenters. The lowest BCUT2D eigenvalue weighted by atomic mass is 10.1. The minimum atomic E-state index is -0.00360. The summed E-state index contributed by atoms with van der Waals surface area (Å²) in [6, 6.07) is 4.08. The van der Waals surface area contributed by atoms with E-state index in [2.05, 4.69) is 51.3 Å². The average Bonchev–Trinajstić information content (AvgIpc) is 2.36. The second-order valence-corrected chi connectivity index (χ2v) is 6.99. The molecule has 4 nitrogen and oxygen atoms in total. The number of carbonyl (C=O) groups excluding carboxylic acids is 1. The molecule has 1 aromatic rings. The Morgan fingerprint density at radius 3 is 2.43 bits per heavy atom. The first-order valence-electron chi connectivity index (χ1n) is 7.04. The van der Waals surface area contributed by atoms with Gasteiger partial charge >= 0.3 is 0 Å². The van der Waals surface area contributed by atoms with Gasteiger partial charge in [-0.05, 0) is 56.0 Å². The maximum absolute atomic E-state index is 10.9. The zero-order valence-electron chi connectivity index (χ0n) is 12.8. The number of hydrogen-bond donors (Lipinski definition) is 2. The maximum atomic E-state index is 10.9. The standard InChI is InChI=1S/C15H22Br2N2O2/c1-11(20)18-6-5-12-9-13(16)15(14(17)10-12)21-8-4-7-19(2)3/h9-10H,4-8H2,1-3H3,(H,18,20)/p+1. The van der Waals surface area contributed by atoms with Gasteiger partial charge in [-0.1, -0.05) is 0 Å². The monoisotopic (exact) mass is 421 g/mol. The molecule has 1 rings (SSSR count). The van der Waals surface area contributed by atoms with Gasteiger partial charge in [-0.15, -0.1) is 0 Å². The highest BCUT2D eigenvalue weighted by molar-refractivity contribution is 9.11. The number of rotatable bonds is 8. The van der Waals surface area contributed by atoms with E-state index in [1.807, 2.05) is 12.1 Å². The van der Waals surface area contributed by atoms with Gasteiger partial charge in [0.05, 0.1) is 36.2 Å². The summed E-state index contributed by atoms with van der Waals surface area (Å²) in [4.78, 5) is 12.3. The first-order valence-corrected chi connectivity index (χ1v) is 8.63. The van der Waals surface area contributed by atoms with Crippen LogP contribution in [0, 0.1) is 0 Å². The molecule has 1 aromatic carbocycles. The summed E-state index contributed by atoms with van der Waals surface area (Å²) in [5.74, 6) is 0.836. The number of amides is 1. The van der Waals surface area contributed by atoms with E-state index in [9.17, 15) is 4.79 Å². The Balaban J connectivity index is 2.56. The van der Waals surface area contributed by atoms with Crippen molar-refractivity contribution in [2.45, 2.75) is 19.8 Å². The van der Waals surface area contributed by atoms with Crippen LogP contribution in [0.5, 0.6) is 5.75 Å². The fraction of sp³-hybridized carbons (Fsp3) is 0.533. The van der Waals surface area contributed by atoms with Gasteiger partial charge < -0.3 is 15.0 Å². The van der Waals surface area contributed by atoms with Gasteiger partial charge in [0.25, 0.3) is 0 Å². The van der Waals surface area contributed by atoms with Crippen molar-refractivity contribution in [1.29, 1.82) is 0 Å².